The van der Waals surface area contributed by atoms with E-state index in [1.54, 1.807) is 19.9 Å². The third-order valence-corrected chi connectivity index (χ3v) is 3.15. The van der Waals surface area contributed by atoms with Crippen LogP contribution in [0.4, 0.5) is 4.39 Å². The van der Waals surface area contributed by atoms with Gasteiger partial charge in [-0.2, -0.15) is 5.26 Å². The van der Waals surface area contributed by atoms with Gasteiger partial charge in [0.15, 0.2) is 0 Å². The number of amides is 1. The molecule has 1 unspecified atom stereocenters. The van der Waals surface area contributed by atoms with Crippen LogP contribution in [-0.4, -0.2) is 11.4 Å². The van der Waals surface area contributed by atoms with Gasteiger partial charge < -0.3 is 5.32 Å². The number of nitrogens with one attached hydrogen (secondary N) is 1. The second-order valence-corrected chi connectivity index (χ2v) is 4.71. The highest BCUT2D eigenvalue weighted by Gasteiger charge is 2.25. The van der Waals surface area contributed by atoms with Gasteiger partial charge in [-0.25, -0.2) is 4.39 Å². The first kappa shape index (κ1) is 13.7. The van der Waals surface area contributed by atoms with Gasteiger partial charge in [-0.15, -0.1) is 0 Å². The fourth-order valence-corrected chi connectivity index (χ4v) is 1.56. The van der Waals surface area contributed by atoms with E-state index in [9.17, 15) is 9.18 Å². The second-order valence-electron chi connectivity index (χ2n) is 3.85. The molecular formula is C12H12BrFN2O. The van der Waals surface area contributed by atoms with Gasteiger partial charge in [0, 0.05) is 0 Å². The van der Waals surface area contributed by atoms with E-state index in [0.717, 1.165) is 0 Å². The standard InChI is InChI=1S/C12H12BrFN2O/c1-3-12(2,7-15)16-11(17)8-5-4-6-9(13)10(8)14/h4-6H,3H2,1-2H3,(H,16,17). The van der Waals surface area contributed by atoms with Crippen LogP contribution in [0.15, 0.2) is 22.7 Å². The summed E-state index contributed by atoms with van der Waals surface area (Å²) in [6.07, 6.45) is 0.449. The van der Waals surface area contributed by atoms with Gasteiger partial charge in [-0.3, -0.25) is 4.79 Å². The van der Waals surface area contributed by atoms with Crippen LogP contribution >= 0.6 is 15.9 Å². The predicted molar refractivity (Wildman–Crippen MR) is 65.9 cm³/mol. The molecule has 17 heavy (non-hydrogen) atoms. The van der Waals surface area contributed by atoms with Crippen LogP contribution in [0, 0.1) is 17.1 Å². The van der Waals surface area contributed by atoms with Crippen LogP contribution in [0.3, 0.4) is 0 Å². The van der Waals surface area contributed by atoms with Crippen molar-refractivity contribution in [3.63, 3.8) is 0 Å². The molecule has 0 heterocycles. The van der Waals surface area contributed by atoms with Gasteiger partial charge in [0.2, 0.25) is 0 Å². The lowest BCUT2D eigenvalue weighted by atomic mass is 10.0. The summed E-state index contributed by atoms with van der Waals surface area (Å²) in [4.78, 5) is 11.8. The summed E-state index contributed by atoms with van der Waals surface area (Å²) in [7, 11) is 0. The minimum Gasteiger partial charge on any atom is -0.334 e. The Kier molecular flexibility index (Phi) is 4.24. The minimum atomic E-state index is -0.980. The molecule has 1 aromatic carbocycles. The van der Waals surface area contributed by atoms with E-state index in [1.165, 1.54) is 12.1 Å². The Bertz CT molecular complexity index is 484. The van der Waals surface area contributed by atoms with E-state index in [1.807, 2.05) is 6.07 Å². The molecule has 1 aromatic rings. The molecule has 90 valence electrons. The van der Waals surface area contributed by atoms with Gasteiger partial charge in [0.1, 0.15) is 11.4 Å². The number of carbonyl (C=O) groups excluding carboxylic acids is 1. The summed E-state index contributed by atoms with van der Waals surface area (Å²) in [5.74, 6) is -1.21. The Hall–Kier alpha value is -1.41. The lowest BCUT2D eigenvalue weighted by Gasteiger charge is -2.21. The number of benzene rings is 1. The fourth-order valence-electron chi connectivity index (χ4n) is 1.19. The van der Waals surface area contributed by atoms with E-state index in [-0.39, 0.29) is 10.0 Å². The summed E-state index contributed by atoms with van der Waals surface area (Å²) < 4.78 is 13.9. The first-order chi connectivity index (χ1) is 7.93. The maximum absolute atomic E-state index is 13.6. The van der Waals surface area contributed by atoms with Gasteiger partial charge in [-0.05, 0) is 41.4 Å². The van der Waals surface area contributed by atoms with Gasteiger partial charge >= 0.3 is 0 Å². The lowest BCUT2D eigenvalue weighted by molar-refractivity contribution is 0.0918. The Morgan fingerprint density at radius 3 is 2.82 bits per heavy atom. The van der Waals surface area contributed by atoms with Crippen LogP contribution in [0.2, 0.25) is 0 Å². The molecule has 0 aliphatic rings. The van der Waals surface area contributed by atoms with Gasteiger partial charge in [0.25, 0.3) is 5.91 Å². The van der Waals surface area contributed by atoms with E-state index >= 15 is 0 Å². The van der Waals surface area contributed by atoms with Gasteiger partial charge in [0.05, 0.1) is 16.1 Å². The van der Waals surface area contributed by atoms with E-state index < -0.39 is 17.3 Å². The van der Waals surface area contributed by atoms with Crippen molar-refractivity contribution in [1.29, 1.82) is 5.26 Å². The van der Waals surface area contributed by atoms with Crippen LogP contribution in [0.1, 0.15) is 30.6 Å². The number of hydrogen-bond acceptors (Lipinski definition) is 2. The summed E-state index contributed by atoms with van der Waals surface area (Å²) in [6, 6.07) is 6.45. The first-order valence-electron chi connectivity index (χ1n) is 5.11. The van der Waals surface area contributed by atoms with E-state index in [2.05, 4.69) is 21.2 Å². The molecule has 1 rings (SSSR count). The molecule has 0 aliphatic heterocycles. The molecule has 1 atom stereocenters. The monoisotopic (exact) mass is 298 g/mol. The number of rotatable bonds is 3. The van der Waals surface area contributed by atoms with Crippen molar-refractivity contribution >= 4 is 21.8 Å². The first-order valence-corrected chi connectivity index (χ1v) is 5.90. The highest BCUT2D eigenvalue weighted by Crippen LogP contribution is 2.19. The van der Waals surface area contributed by atoms with Crippen LogP contribution < -0.4 is 5.32 Å². The Labute approximate surface area is 108 Å². The average Bonchev–Trinajstić information content (AvgIpc) is 2.32. The van der Waals surface area contributed by atoms with Crippen molar-refractivity contribution < 1.29 is 9.18 Å². The highest BCUT2D eigenvalue weighted by atomic mass is 79.9. The van der Waals surface area contributed by atoms with Crippen LogP contribution in [0.25, 0.3) is 0 Å². The summed E-state index contributed by atoms with van der Waals surface area (Å²) >= 11 is 3.01. The number of nitrogens with zero attached hydrogens (tertiary/aromatic N) is 1. The molecule has 0 fully saturated rings. The van der Waals surface area contributed by atoms with Crippen molar-refractivity contribution in [2.45, 2.75) is 25.8 Å². The summed E-state index contributed by atoms with van der Waals surface area (Å²) in [5.41, 5.74) is -1.06. The summed E-state index contributed by atoms with van der Waals surface area (Å²) in [5, 5.41) is 11.5. The molecule has 0 aromatic heterocycles. The number of hydrogen-bond donors (Lipinski definition) is 1. The van der Waals surface area contributed by atoms with E-state index in [0.29, 0.717) is 6.42 Å². The SMILES string of the molecule is CCC(C)(C#N)NC(=O)c1cccc(Br)c1F. The molecular weight excluding hydrogens is 287 g/mol. The molecule has 1 amide bonds. The molecule has 0 saturated carbocycles. The van der Waals surface area contributed by atoms with Crippen molar-refractivity contribution in [3.8, 4) is 6.07 Å². The Balaban J connectivity index is 2.99. The van der Waals surface area contributed by atoms with Gasteiger partial charge in [-0.1, -0.05) is 13.0 Å². The fraction of sp³-hybridized carbons (Fsp3) is 0.333. The zero-order chi connectivity index (χ0) is 13.1. The predicted octanol–water partition coefficient (Wildman–Crippen LogP) is 3.01. The van der Waals surface area contributed by atoms with Crippen molar-refractivity contribution in [2.24, 2.45) is 0 Å². The Morgan fingerprint density at radius 2 is 2.29 bits per heavy atom. The Morgan fingerprint density at radius 1 is 1.65 bits per heavy atom. The largest absolute Gasteiger partial charge is 0.334 e. The number of carbonyl (C=O) groups is 1. The second kappa shape index (κ2) is 5.28. The molecule has 5 heteroatoms. The molecule has 0 spiro atoms. The topological polar surface area (TPSA) is 52.9 Å². The summed E-state index contributed by atoms with van der Waals surface area (Å²) in [6.45, 7) is 3.38. The third kappa shape index (κ3) is 3.04. The molecule has 0 saturated heterocycles. The van der Waals surface area contributed by atoms with Crippen molar-refractivity contribution in [3.05, 3.63) is 34.1 Å². The number of halogens is 2. The highest BCUT2D eigenvalue weighted by molar-refractivity contribution is 9.10. The minimum absolute atomic E-state index is 0.0747. The zero-order valence-corrected chi connectivity index (χ0v) is 11.1. The normalized spacial score (nSPS) is 13.6. The van der Waals surface area contributed by atoms with Crippen LogP contribution in [0.5, 0.6) is 0 Å². The molecule has 0 bridgehead atoms. The average molecular weight is 299 g/mol. The molecule has 0 aliphatic carbocycles. The number of nitriles is 1. The maximum atomic E-state index is 13.6. The zero-order valence-electron chi connectivity index (χ0n) is 9.55. The molecule has 3 nitrogen and oxygen atoms in total. The van der Waals surface area contributed by atoms with E-state index in [4.69, 9.17) is 5.26 Å². The van der Waals surface area contributed by atoms with Crippen LogP contribution in [-0.2, 0) is 0 Å². The quantitative estimate of drug-likeness (QED) is 0.932. The van der Waals surface area contributed by atoms with Crippen molar-refractivity contribution in [2.75, 3.05) is 0 Å². The maximum Gasteiger partial charge on any atom is 0.255 e. The lowest BCUT2D eigenvalue weighted by Crippen LogP contribution is -2.44. The third-order valence-electron chi connectivity index (χ3n) is 2.54. The molecule has 0 radical (unpaired) electrons. The molecule has 1 N–H and O–H groups in total. The van der Waals surface area contributed by atoms with Crippen molar-refractivity contribution in [1.82, 2.24) is 5.32 Å². The smallest absolute Gasteiger partial charge is 0.255 e.